The summed E-state index contributed by atoms with van der Waals surface area (Å²) in [6.07, 6.45) is 2.16. The summed E-state index contributed by atoms with van der Waals surface area (Å²) in [5.74, 6) is 0. The number of nitrogens with one attached hydrogen (secondary N) is 1. The fourth-order valence-electron chi connectivity index (χ4n) is 1.49. The van der Waals surface area contributed by atoms with Crippen LogP contribution in [0.1, 0.15) is 12.0 Å². The molecule has 0 amide bonds. The van der Waals surface area contributed by atoms with Crippen LogP contribution in [0.2, 0.25) is 10.0 Å². The number of anilines is 1. The second kappa shape index (κ2) is 4.41. The van der Waals surface area contributed by atoms with Crippen LogP contribution in [0.25, 0.3) is 0 Å². The van der Waals surface area contributed by atoms with Crippen LogP contribution in [0.3, 0.4) is 0 Å². The van der Waals surface area contributed by atoms with E-state index in [9.17, 15) is 0 Å². The zero-order chi connectivity index (χ0) is 8.55. The molecule has 0 radical (unpaired) electrons. The molecule has 1 nitrogen and oxygen atoms in total. The zero-order valence-corrected chi connectivity index (χ0v) is 9.27. The highest BCUT2D eigenvalue weighted by molar-refractivity contribution is 6.42. The Labute approximate surface area is 93.8 Å². The van der Waals surface area contributed by atoms with Gasteiger partial charge in [0.05, 0.1) is 10.0 Å². The molecular weight excluding hydrogens is 228 g/mol. The first-order valence-electron chi connectivity index (χ1n) is 4.00. The van der Waals surface area contributed by atoms with Gasteiger partial charge in [-0.1, -0.05) is 23.2 Å². The normalized spacial score (nSPS) is 14.0. The number of halogens is 3. The Morgan fingerprint density at radius 3 is 2.77 bits per heavy atom. The van der Waals surface area contributed by atoms with Gasteiger partial charge in [-0.3, -0.25) is 0 Å². The van der Waals surface area contributed by atoms with Gasteiger partial charge in [-0.15, -0.1) is 12.4 Å². The van der Waals surface area contributed by atoms with E-state index in [1.165, 1.54) is 0 Å². The Kier molecular flexibility index (Phi) is 3.72. The van der Waals surface area contributed by atoms with Crippen molar-refractivity contribution in [3.8, 4) is 0 Å². The molecule has 0 spiro atoms. The van der Waals surface area contributed by atoms with E-state index in [2.05, 4.69) is 5.32 Å². The molecule has 1 N–H and O–H groups in total. The van der Waals surface area contributed by atoms with E-state index in [0.29, 0.717) is 10.0 Å². The third-order valence-electron chi connectivity index (χ3n) is 2.12. The number of hydrogen-bond acceptors (Lipinski definition) is 1. The van der Waals surface area contributed by atoms with E-state index in [4.69, 9.17) is 23.2 Å². The highest BCUT2D eigenvalue weighted by Gasteiger charge is 2.13. The first-order valence-corrected chi connectivity index (χ1v) is 4.75. The summed E-state index contributed by atoms with van der Waals surface area (Å²) in [5, 5.41) is 4.65. The van der Waals surface area contributed by atoms with E-state index in [0.717, 1.165) is 30.6 Å². The largest absolute Gasteiger partial charge is 0.385 e. The van der Waals surface area contributed by atoms with Crippen LogP contribution in [0.5, 0.6) is 0 Å². The van der Waals surface area contributed by atoms with Crippen molar-refractivity contribution >= 4 is 41.3 Å². The molecule has 0 aromatic heterocycles. The number of hydrogen-bond donors (Lipinski definition) is 1. The number of fused-ring (bicyclic) bond motifs is 1. The predicted molar refractivity (Wildman–Crippen MR) is 60.5 cm³/mol. The summed E-state index contributed by atoms with van der Waals surface area (Å²) in [7, 11) is 0. The molecule has 0 bridgehead atoms. The van der Waals surface area contributed by atoms with Crippen LogP contribution in [0.15, 0.2) is 12.1 Å². The maximum atomic E-state index is 6.04. The lowest BCUT2D eigenvalue weighted by Gasteiger charge is -2.19. The van der Waals surface area contributed by atoms with Gasteiger partial charge in [0.2, 0.25) is 0 Å². The summed E-state index contributed by atoms with van der Waals surface area (Å²) < 4.78 is 0. The van der Waals surface area contributed by atoms with Gasteiger partial charge >= 0.3 is 0 Å². The van der Waals surface area contributed by atoms with Gasteiger partial charge in [0.15, 0.2) is 0 Å². The predicted octanol–water partition coefficient (Wildman–Crippen LogP) is 3.77. The molecular formula is C9H10Cl3N. The Morgan fingerprint density at radius 2 is 2.00 bits per heavy atom. The molecule has 0 atom stereocenters. The Balaban J connectivity index is 0.000000845. The summed E-state index contributed by atoms with van der Waals surface area (Å²) in [6.45, 7) is 1.03. The van der Waals surface area contributed by atoms with Gasteiger partial charge in [-0.25, -0.2) is 0 Å². The van der Waals surface area contributed by atoms with Crippen molar-refractivity contribution < 1.29 is 0 Å². The van der Waals surface area contributed by atoms with Crippen molar-refractivity contribution in [2.24, 2.45) is 0 Å². The molecule has 0 aliphatic carbocycles. The minimum absolute atomic E-state index is 0. The standard InChI is InChI=1S/C9H9Cl2N.ClH/c10-7-3-4-8-6(9(7)11)2-1-5-12-8;/h3-4,12H,1-2,5H2;1H. The summed E-state index contributed by atoms with van der Waals surface area (Å²) >= 11 is 11.9. The third kappa shape index (κ3) is 2.04. The maximum Gasteiger partial charge on any atom is 0.0644 e. The molecule has 13 heavy (non-hydrogen) atoms. The van der Waals surface area contributed by atoms with Crippen molar-refractivity contribution in [2.75, 3.05) is 11.9 Å². The second-order valence-electron chi connectivity index (χ2n) is 2.92. The average molecular weight is 239 g/mol. The molecule has 1 aliphatic heterocycles. The van der Waals surface area contributed by atoms with Crippen LogP contribution < -0.4 is 5.32 Å². The molecule has 0 unspecified atom stereocenters. The second-order valence-corrected chi connectivity index (χ2v) is 3.70. The topological polar surface area (TPSA) is 12.0 Å². The first kappa shape index (κ1) is 11.0. The van der Waals surface area contributed by atoms with Crippen molar-refractivity contribution in [2.45, 2.75) is 12.8 Å². The molecule has 0 saturated carbocycles. The van der Waals surface area contributed by atoms with Crippen LogP contribution in [0, 0.1) is 0 Å². The highest BCUT2D eigenvalue weighted by atomic mass is 35.5. The third-order valence-corrected chi connectivity index (χ3v) is 2.96. The van der Waals surface area contributed by atoms with Crippen molar-refractivity contribution in [3.63, 3.8) is 0 Å². The molecule has 2 rings (SSSR count). The fraction of sp³-hybridized carbons (Fsp3) is 0.333. The summed E-state index contributed by atoms with van der Waals surface area (Å²) in [6, 6.07) is 3.82. The molecule has 0 saturated heterocycles. The zero-order valence-electron chi connectivity index (χ0n) is 6.94. The van der Waals surface area contributed by atoms with Crippen molar-refractivity contribution in [3.05, 3.63) is 27.7 Å². The summed E-state index contributed by atoms with van der Waals surface area (Å²) in [4.78, 5) is 0. The Morgan fingerprint density at radius 1 is 1.23 bits per heavy atom. The van der Waals surface area contributed by atoms with Crippen molar-refractivity contribution in [1.29, 1.82) is 0 Å². The van der Waals surface area contributed by atoms with E-state index in [-0.39, 0.29) is 12.4 Å². The van der Waals surface area contributed by atoms with Gasteiger partial charge in [0.1, 0.15) is 0 Å². The smallest absolute Gasteiger partial charge is 0.0644 e. The van der Waals surface area contributed by atoms with Crippen LogP contribution in [-0.4, -0.2) is 6.54 Å². The maximum absolute atomic E-state index is 6.04. The monoisotopic (exact) mass is 237 g/mol. The van der Waals surface area contributed by atoms with Crippen LogP contribution in [-0.2, 0) is 6.42 Å². The van der Waals surface area contributed by atoms with E-state index in [1.807, 2.05) is 12.1 Å². The molecule has 72 valence electrons. The van der Waals surface area contributed by atoms with Crippen molar-refractivity contribution in [1.82, 2.24) is 0 Å². The SMILES string of the molecule is Cl.Clc1ccc2c(c1Cl)CCCN2. The fourth-order valence-corrected chi connectivity index (χ4v) is 1.93. The number of rotatable bonds is 0. The Bertz CT molecular complexity index is 312. The van der Waals surface area contributed by atoms with E-state index < -0.39 is 0 Å². The molecule has 1 heterocycles. The average Bonchev–Trinajstić information content (AvgIpc) is 2.12. The van der Waals surface area contributed by atoms with E-state index >= 15 is 0 Å². The quantitative estimate of drug-likeness (QED) is 0.725. The molecule has 1 aliphatic rings. The molecule has 1 aromatic carbocycles. The van der Waals surface area contributed by atoms with Gasteiger partial charge in [0.25, 0.3) is 0 Å². The van der Waals surface area contributed by atoms with E-state index in [1.54, 1.807) is 0 Å². The van der Waals surface area contributed by atoms with Crippen LogP contribution in [0.4, 0.5) is 5.69 Å². The first-order chi connectivity index (χ1) is 5.79. The van der Waals surface area contributed by atoms with Gasteiger partial charge in [-0.2, -0.15) is 0 Å². The van der Waals surface area contributed by atoms with Gasteiger partial charge in [0, 0.05) is 12.2 Å². The lowest BCUT2D eigenvalue weighted by Crippen LogP contribution is -2.11. The molecule has 1 aromatic rings. The molecule has 0 fully saturated rings. The highest BCUT2D eigenvalue weighted by Crippen LogP contribution is 2.34. The van der Waals surface area contributed by atoms with Crippen LogP contribution >= 0.6 is 35.6 Å². The minimum Gasteiger partial charge on any atom is -0.385 e. The lowest BCUT2D eigenvalue weighted by molar-refractivity contribution is 0.830. The minimum atomic E-state index is 0. The van der Waals surface area contributed by atoms with Gasteiger partial charge < -0.3 is 5.32 Å². The Hall–Kier alpha value is -0.110. The summed E-state index contributed by atoms with van der Waals surface area (Å²) in [5.41, 5.74) is 2.30. The van der Waals surface area contributed by atoms with Gasteiger partial charge in [-0.05, 0) is 30.5 Å². The lowest BCUT2D eigenvalue weighted by atomic mass is 10.0. The molecule has 4 heteroatoms. The number of benzene rings is 1.